The van der Waals surface area contributed by atoms with Crippen molar-refractivity contribution in [3.8, 4) is 0 Å². The Kier molecular flexibility index (Phi) is 7.21. The monoisotopic (exact) mass is 375 g/mol. The molecular weight excluding hydrogens is 350 g/mol. The minimum Gasteiger partial charge on any atom is -0.341 e. The molecule has 0 fully saturated rings. The lowest BCUT2D eigenvalue weighted by Gasteiger charge is -2.32. The van der Waals surface area contributed by atoms with Crippen LogP contribution < -0.4 is 5.32 Å². The van der Waals surface area contributed by atoms with Crippen LogP contribution in [0, 0.1) is 12.8 Å². The highest BCUT2D eigenvalue weighted by molar-refractivity contribution is 7.80. The van der Waals surface area contributed by atoms with E-state index in [2.05, 4.69) is 36.0 Å². The second-order valence-corrected chi connectivity index (χ2v) is 7.52. The largest absolute Gasteiger partial charge is 0.341 e. The number of aryl methyl sites for hydroxylation is 1. The van der Waals surface area contributed by atoms with E-state index in [9.17, 15) is 0 Å². The molecule has 134 valence electrons. The maximum absolute atomic E-state index is 6.13. The first kappa shape index (κ1) is 19.7. The number of anilines is 1. The molecule has 0 aliphatic carbocycles. The number of pyridine rings is 1. The molecule has 0 saturated heterocycles. The number of halogens is 1. The highest BCUT2D eigenvalue weighted by atomic mass is 35.5. The van der Waals surface area contributed by atoms with E-state index in [1.165, 1.54) is 0 Å². The van der Waals surface area contributed by atoms with Crippen molar-refractivity contribution >= 4 is 34.6 Å². The number of hydrogen-bond acceptors (Lipinski definition) is 2. The zero-order valence-electron chi connectivity index (χ0n) is 15.3. The zero-order valence-corrected chi connectivity index (χ0v) is 16.9. The molecule has 0 amide bonds. The molecule has 2 aromatic rings. The van der Waals surface area contributed by atoms with E-state index in [1.807, 2.05) is 49.5 Å². The summed E-state index contributed by atoms with van der Waals surface area (Å²) in [5.41, 5.74) is 3.07. The van der Waals surface area contributed by atoms with Crippen molar-refractivity contribution in [2.75, 3.05) is 11.9 Å². The third kappa shape index (κ3) is 5.68. The van der Waals surface area contributed by atoms with E-state index in [-0.39, 0.29) is 6.04 Å². The third-order valence-electron chi connectivity index (χ3n) is 4.23. The Balaban J connectivity index is 2.21. The Bertz CT molecular complexity index is 703. The van der Waals surface area contributed by atoms with Crippen molar-refractivity contribution in [3.05, 3.63) is 58.9 Å². The van der Waals surface area contributed by atoms with E-state index in [0.717, 1.165) is 29.9 Å². The van der Waals surface area contributed by atoms with Crippen LogP contribution in [0.25, 0.3) is 0 Å². The standard InChI is InChI=1S/C20H26ClN3S/c1-14(2)10-12-24(16(4)18-7-5-6-11-22-18)20(25)23-19-13-17(21)9-8-15(19)3/h5-9,11,13-14,16H,10,12H2,1-4H3,(H,23,25)/t16-/m1/s1. The van der Waals surface area contributed by atoms with Gasteiger partial charge in [0.05, 0.1) is 11.7 Å². The van der Waals surface area contributed by atoms with E-state index >= 15 is 0 Å². The lowest BCUT2D eigenvalue weighted by molar-refractivity contribution is 0.313. The lowest BCUT2D eigenvalue weighted by atomic mass is 10.1. The lowest BCUT2D eigenvalue weighted by Crippen LogP contribution is -2.38. The predicted molar refractivity (Wildman–Crippen MR) is 111 cm³/mol. The summed E-state index contributed by atoms with van der Waals surface area (Å²) in [6, 6.07) is 11.9. The Morgan fingerprint density at radius 2 is 2.00 bits per heavy atom. The summed E-state index contributed by atoms with van der Waals surface area (Å²) in [5.74, 6) is 0.606. The fraction of sp³-hybridized carbons (Fsp3) is 0.400. The van der Waals surface area contributed by atoms with Gasteiger partial charge >= 0.3 is 0 Å². The first-order valence-electron chi connectivity index (χ1n) is 8.63. The van der Waals surface area contributed by atoms with Crippen LogP contribution in [0.5, 0.6) is 0 Å². The normalized spacial score (nSPS) is 12.1. The van der Waals surface area contributed by atoms with Gasteiger partial charge in [0, 0.05) is 23.5 Å². The van der Waals surface area contributed by atoms with Gasteiger partial charge in [-0.2, -0.15) is 0 Å². The first-order chi connectivity index (χ1) is 11.9. The van der Waals surface area contributed by atoms with Crippen molar-refractivity contribution in [3.63, 3.8) is 0 Å². The Labute approximate surface area is 161 Å². The van der Waals surface area contributed by atoms with Crippen LogP contribution in [0.3, 0.4) is 0 Å². The number of hydrogen-bond donors (Lipinski definition) is 1. The van der Waals surface area contributed by atoms with E-state index < -0.39 is 0 Å². The summed E-state index contributed by atoms with van der Waals surface area (Å²) in [5, 5.41) is 4.77. The van der Waals surface area contributed by atoms with Crippen molar-refractivity contribution in [2.45, 2.75) is 40.2 Å². The summed E-state index contributed by atoms with van der Waals surface area (Å²) in [7, 11) is 0. The van der Waals surface area contributed by atoms with E-state index in [1.54, 1.807) is 0 Å². The quantitative estimate of drug-likeness (QED) is 0.641. The maximum Gasteiger partial charge on any atom is 0.173 e. The molecule has 1 heterocycles. The number of nitrogens with one attached hydrogen (secondary N) is 1. The molecule has 0 aliphatic heterocycles. The summed E-state index contributed by atoms with van der Waals surface area (Å²) < 4.78 is 0. The number of nitrogens with zero attached hydrogens (tertiary/aromatic N) is 2. The molecule has 3 nitrogen and oxygen atoms in total. The van der Waals surface area contributed by atoms with Gasteiger partial charge in [-0.1, -0.05) is 37.6 Å². The average Bonchev–Trinajstić information content (AvgIpc) is 2.58. The van der Waals surface area contributed by atoms with Gasteiger partial charge in [-0.3, -0.25) is 4.98 Å². The van der Waals surface area contributed by atoms with Crippen LogP contribution in [0.1, 0.15) is 44.5 Å². The highest BCUT2D eigenvalue weighted by Gasteiger charge is 2.20. The number of rotatable bonds is 6. The van der Waals surface area contributed by atoms with Crippen molar-refractivity contribution in [1.82, 2.24) is 9.88 Å². The van der Waals surface area contributed by atoms with Gasteiger partial charge in [-0.05, 0) is 68.2 Å². The van der Waals surface area contributed by atoms with Gasteiger partial charge in [-0.25, -0.2) is 0 Å². The fourth-order valence-corrected chi connectivity index (χ4v) is 3.10. The summed E-state index contributed by atoms with van der Waals surface area (Å²) in [6.45, 7) is 9.51. The molecule has 1 N–H and O–H groups in total. The van der Waals surface area contributed by atoms with Crippen molar-refractivity contribution in [1.29, 1.82) is 0 Å². The van der Waals surface area contributed by atoms with Gasteiger partial charge in [0.25, 0.3) is 0 Å². The SMILES string of the molecule is Cc1ccc(Cl)cc1NC(=S)N(CCC(C)C)[C@H](C)c1ccccn1. The molecule has 0 saturated carbocycles. The number of aromatic nitrogens is 1. The molecule has 0 unspecified atom stereocenters. The molecule has 0 radical (unpaired) electrons. The molecule has 1 atom stereocenters. The Hall–Kier alpha value is -1.65. The first-order valence-corrected chi connectivity index (χ1v) is 9.41. The minimum atomic E-state index is 0.0967. The Morgan fingerprint density at radius 1 is 1.24 bits per heavy atom. The van der Waals surface area contributed by atoms with Crippen LogP contribution in [-0.2, 0) is 0 Å². The number of thiocarbonyl (C=S) groups is 1. The molecule has 5 heteroatoms. The summed E-state index contributed by atoms with van der Waals surface area (Å²) in [6.07, 6.45) is 2.89. The Morgan fingerprint density at radius 3 is 2.64 bits per heavy atom. The minimum absolute atomic E-state index is 0.0967. The predicted octanol–water partition coefficient (Wildman–Crippen LogP) is 5.85. The van der Waals surface area contributed by atoms with Gasteiger partial charge in [0.1, 0.15) is 0 Å². The highest BCUT2D eigenvalue weighted by Crippen LogP contribution is 2.24. The van der Waals surface area contributed by atoms with Gasteiger partial charge in [0.2, 0.25) is 0 Å². The third-order valence-corrected chi connectivity index (χ3v) is 4.80. The van der Waals surface area contributed by atoms with Crippen molar-refractivity contribution < 1.29 is 0 Å². The number of benzene rings is 1. The van der Waals surface area contributed by atoms with Gasteiger partial charge in [-0.15, -0.1) is 0 Å². The zero-order chi connectivity index (χ0) is 18.4. The van der Waals surface area contributed by atoms with Gasteiger partial charge in [0.15, 0.2) is 5.11 Å². The molecule has 25 heavy (non-hydrogen) atoms. The molecule has 1 aromatic carbocycles. The fourth-order valence-electron chi connectivity index (χ4n) is 2.57. The van der Waals surface area contributed by atoms with Crippen LogP contribution in [-0.4, -0.2) is 21.5 Å². The second-order valence-electron chi connectivity index (χ2n) is 6.70. The van der Waals surface area contributed by atoms with E-state index in [4.69, 9.17) is 23.8 Å². The van der Waals surface area contributed by atoms with E-state index in [0.29, 0.717) is 16.1 Å². The van der Waals surface area contributed by atoms with Crippen LogP contribution in [0.4, 0.5) is 5.69 Å². The summed E-state index contributed by atoms with van der Waals surface area (Å²) >= 11 is 11.9. The molecule has 0 bridgehead atoms. The van der Waals surface area contributed by atoms with Crippen molar-refractivity contribution in [2.24, 2.45) is 5.92 Å². The molecule has 0 aliphatic rings. The maximum atomic E-state index is 6.13. The molecular formula is C20H26ClN3S. The average molecular weight is 376 g/mol. The smallest absolute Gasteiger partial charge is 0.173 e. The van der Waals surface area contributed by atoms with Crippen LogP contribution in [0.15, 0.2) is 42.6 Å². The molecule has 2 rings (SSSR count). The van der Waals surface area contributed by atoms with Crippen LogP contribution in [0.2, 0.25) is 5.02 Å². The second kappa shape index (κ2) is 9.16. The van der Waals surface area contributed by atoms with Gasteiger partial charge < -0.3 is 10.2 Å². The summed E-state index contributed by atoms with van der Waals surface area (Å²) in [4.78, 5) is 6.70. The topological polar surface area (TPSA) is 28.2 Å². The molecule has 1 aromatic heterocycles. The molecule has 0 spiro atoms. The van der Waals surface area contributed by atoms with Crippen LogP contribution >= 0.6 is 23.8 Å².